The summed E-state index contributed by atoms with van der Waals surface area (Å²) in [5, 5.41) is 5.28. The van der Waals surface area contributed by atoms with Crippen molar-refractivity contribution in [2.45, 2.75) is 64.8 Å². The number of primary amides is 1. The van der Waals surface area contributed by atoms with Crippen molar-refractivity contribution in [2.24, 2.45) is 5.73 Å². The SMILES string of the molecule is CC(=O)CCC(CCC(C)=O)(CCC(C)=O)NC(=O)c1ccc(N)c(NC(N)=O)c1. The fourth-order valence-corrected chi connectivity index (χ4v) is 3.06. The number of nitrogens with one attached hydrogen (secondary N) is 2. The van der Waals surface area contributed by atoms with E-state index in [1.165, 1.54) is 39.0 Å². The van der Waals surface area contributed by atoms with E-state index in [-0.39, 0.29) is 53.6 Å². The maximum absolute atomic E-state index is 13.0. The molecule has 1 aromatic carbocycles. The molecule has 0 heterocycles. The van der Waals surface area contributed by atoms with Crippen LogP contribution < -0.4 is 22.1 Å². The Kier molecular flexibility index (Phi) is 9.16. The van der Waals surface area contributed by atoms with Crippen LogP contribution in [0.2, 0.25) is 0 Å². The molecular weight excluding hydrogens is 388 g/mol. The van der Waals surface area contributed by atoms with Gasteiger partial charge in [0.15, 0.2) is 0 Å². The van der Waals surface area contributed by atoms with Crippen LogP contribution in [0.4, 0.5) is 16.2 Å². The lowest BCUT2D eigenvalue weighted by Gasteiger charge is -2.35. The Hall–Kier alpha value is -3.23. The van der Waals surface area contributed by atoms with Gasteiger partial charge in [-0.05, 0) is 58.2 Å². The van der Waals surface area contributed by atoms with Crippen LogP contribution in [0, 0.1) is 0 Å². The van der Waals surface area contributed by atoms with Gasteiger partial charge < -0.3 is 36.5 Å². The summed E-state index contributed by atoms with van der Waals surface area (Å²) in [7, 11) is 0. The first-order valence-electron chi connectivity index (χ1n) is 9.71. The summed E-state index contributed by atoms with van der Waals surface area (Å²) in [4.78, 5) is 58.9. The molecule has 0 spiro atoms. The van der Waals surface area contributed by atoms with Crippen molar-refractivity contribution in [2.75, 3.05) is 11.1 Å². The van der Waals surface area contributed by atoms with E-state index in [9.17, 15) is 24.0 Å². The first-order valence-corrected chi connectivity index (χ1v) is 9.71. The Morgan fingerprint density at radius 2 is 1.33 bits per heavy atom. The molecule has 0 aliphatic carbocycles. The van der Waals surface area contributed by atoms with Gasteiger partial charge in [0.05, 0.1) is 11.4 Å². The van der Waals surface area contributed by atoms with Gasteiger partial charge in [-0.3, -0.25) is 4.79 Å². The number of ketones is 3. The summed E-state index contributed by atoms with van der Waals surface area (Å²) >= 11 is 0. The Morgan fingerprint density at radius 3 is 1.73 bits per heavy atom. The van der Waals surface area contributed by atoms with Gasteiger partial charge in [0.25, 0.3) is 5.91 Å². The highest BCUT2D eigenvalue weighted by atomic mass is 16.2. The molecule has 0 atom stereocenters. The zero-order chi connectivity index (χ0) is 22.9. The van der Waals surface area contributed by atoms with Crippen molar-refractivity contribution >= 4 is 40.7 Å². The Bertz CT molecular complexity index is 789. The number of amides is 3. The van der Waals surface area contributed by atoms with Gasteiger partial charge in [-0.2, -0.15) is 0 Å². The third-order valence-electron chi connectivity index (χ3n) is 4.82. The maximum atomic E-state index is 13.0. The van der Waals surface area contributed by atoms with Crippen molar-refractivity contribution in [1.29, 1.82) is 0 Å². The number of nitrogen functional groups attached to an aromatic ring is 1. The van der Waals surface area contributed by atoms with Crippen LogP contribution in [0.1, 0.15) is 69.7 Å². The quantitative estimate of drug-likeness (QED) is 0.381. The number of anilines is 2. The summed E-state index contributed by atoms with van der Waals surface area (Å²) in [5.74, 6) is -0.641. The van der Waals surface area contributed by atoms with Gasteiger partial charge in [0.1, 0.15) is 17.3 Å². The van der Waals surface area contributed by atoms with Crippen molar-refractivity contribution in [1.82, 2.24) is 5.32 Å². The van der Waals surface area contributed by atoms with E-state index in [0.29, 0.717) is 19.3 Å². The molecule has 9 heteroatoms. The first kappa shape index (κ1) is 24.8. The number of benzene rings is 1. The molecule has 0 aliphatic heterocycles. The predicted molar refractivity (Wildman–Crippen MR) is 114 cm³/mol. The highest BCUT2D eigenvalue weighted by Gasteiger charge is 2.33. The van der Waals surface area contributed by atoms with E-state index in [4.69, 9.17) is 11.5 Å². The number of hydrogen-bond donors (Lipinski definition) is 4. The van der Waals surface area contributed by atoms with Crippen LogP contribution in [-0.4, -0.2) is 34.8 Å². The van der Waals surface area contributed by atoms with Crippen molar-refractivity contribution in [3.63, 3.8) is 0 Å². The lowest BCUT2D eigenvalue weighted by atomic mass is 9.82. The number of Topliss-reactive ketones (excluding diaryl/α,β-unsaturated/α-hetero) is 3. The van der Waals surface area contributed by atoms with Gasteiger partial charge >= 0.3 is 6.03 Å². The minimum Gasteiger partial charge on any atom is -0.397 e. The summed E-state index contributed by atoms with van der Waals surface area (Å²) < 4.78 is 0. The number of carbonyl (C=O) groups excluding carboxylic acids is 5. The molecule has 0 fully saturated rings. The van der Waals surface area contributed by atoms with Gasteiger partial charge in [0, 0.05) is 30.4 Å². The molecule has 6 N–H and O–H groups in total. The van der Waals surface area contributed by atoms with Gasteiger partial charge in [-0.1, -0.05) is 0 Å². The molecule has 1 rings (SSSR count). The fraction of sp³-hybridized carbons (Fsp3) is 0.476. The van der Waals surface area contributed by atoms with E-state index in [1.54, 1.807) is 0 Å². The summed E-state index contributed by atoms with van der Waals surface area (Å²) in [5.41, 5.74) is 10.7. The summed E-state index contributed by atoms with van der Waals surface area (Å²) in [6.07, 6.45) is 1.51. The first-order chi connectivity index (χ1) is 13.9. The van der Waals surface area contributed by atoms with Crippen LogP contribution in [0.25, 0.3) is 0 Å². The Balaban J connectivity index is 3.22. The van der Waals surface area contributed by atoms with Crippen LogP contribution in [0.15, 0.2) is 18.2 Å². The van der Waals surface area contributed by atoms with Crippen LogP contribution >= 0.6 is 0 Å². The van der Waals surface area contributed by atoms with E-state index < -0.39 is 17.5 Å². The van der Waals surface area contributed by atoms with Crippen LogP contribution in [0.3, 0.4) is 0 Å². The predicted octanol–water partition coefficient (Wildman–Crippen LogP) is 2.34. The van der Waals surface area contributed by atoms with Crippen molar-refractivity contribution in [3.05, 3.63) is 23.8 Å². The van der Waals surface area contributed by atoms with E-state index in [0.717, 1.165) is 0 Å². The van der Waals surface area contributed by atoms with Crippen LogP contribution in [-0.2, 0) is 14.4 Å². The summed E-state index contributed by atoms with van der Waals surface area (Å²) in [6, 6.07) is 3.52. The molecule has 164 valence electrons. The van der Waals surface area contributed by atoms with E-state index in [2.05, 4.69) is 10.6 Å². The molecular formula is C21H30N4O5. The molecule has 0 aromatic heterocycles. The third-order valence-corrected chi connectivity index (χ3v) is 4.82. The zero-order valence-electron chi connectivity index (χ0n) is 17.7. The second kappa shape index (κ2) is 11.1. The fourth-order valence-electron chi connectivity index (χ4n) is 3.06. The Morgan fingerprint density at radius 1 is 0.867 bits per heavy atom. The number of urea groups is 1. The number of rotatable bonds is 12. The minimum absolute atomic E-state index is 0.0558. The zero-order valence-corrected chi connectivity index (χ0v) is 17.7. The minimum atomic E-state index is -0.904. The second-order valence-corrected chi connectivity index (χ2v) is 7.63. The lowest BCUT2D eigenvalue weighted by molar-refractivity contribution is -0.117. The highest BCUT2D eigenvalue weighted by Crippen LogP contribution is 2.28. The monoisotopic (exact) mass is 418 g/mol. The molecule has 0 radical (unpaired) electrons. The normalized spacial score (nSPS) is 10.9. The number of hydrogen-bond acceptors (Lipinski definition) is 6. The molecule has 0 bridgehead atoms. The van der Waals surface area contributed by atoms with Gasteiger partial charge in [-0.15, -0.1) is 0 Å². The lowest BCUT2D eigenvalue weighted by Crippen LogP contribution is -2.49. The summed E-state index contributed by atoms with van der Waals surface area (Å²) in [6.45, 7) is 4.35. The average molecular weight is 418 g/mol. The highest BCUT2D eigenvalue weighted by molar-refractivity contribution is 5.99. The molecule has 0 saturated heterocycles. The standard InChI is InChI=1S/C21H30N4O5/c1-13(26)6-9-21(10-7-14(2)27,11-8-15(3)28)25-19(29)16-4-5-17(22)18(12-16)24-20(23)30/h4-5,12H,6-11,22H2,1-3H3,(H,25,29)(H3,23,24,30). The van der Waals surface area contributed by atoms with Crippen molar-refractivity contribution < 1.29 is 24.0 Å². The number of nitrogens with two attached hydrogens (primary N) is 2. The molecule has 1 aromatic rings. The smallest absolute Gasteiger partial charge is 0.316 e. The molecule has 9 nitrogen and oxygen atoms in total. The van der Waals surface area contributed by atoms with Crippen LogP contribution in [0.5, 0.6) is 0 Å². The van der Waals surface area contributed by atoms with E-state index >= 15 is 0 Å². The second-order valence-electron chi connectivity index (χ2n) is 7.63. The number of carbonyl (C=O) groups is 5. The molecule has 3 amide bonds. The van der Waals surface area contributed by atoms with Crippen molar-refractivity contribution in [3.8, 4) is 0 Å². The maximum Gasteiger partial charge on any atom is 0.316 e. The Labute approximate surface area is 175 Å². The molecule has 0 saturated carbocycles. The van der Waals surface area contributed by atoms with Gasteiger partial charge in [0.2, 0.25) is 0 Å². The van der Waals surface area contributed by atoms with E-state index in [1.807, 2.05) is 0 Å². The largest absolute Gasteiger partial charge is 0.397 e. The molecule has 0 unspecified atom stereocenters. The topological polar surface area (TPSA) is 161 Å². The molecule has 30 heavy (non-hydrogen) atoms. The average Bonchev–Trinajstić information content (AvgIpc) is 2.64. The third kappa shape index (κ3) is 8.42. The van der Waals surface area contributed by atoms with Gasteiger partial charge in [-0.25, -0.2) is 4.79 Å². The molecule has 0 aliphatic rings.